The number of H-pyrrole nitrogens is 1. The van der Waals surface area contributed by atoms with Gasteiger partial charge in [-0.2, -0.15) is 0 Å². The minimum Gasteiger partial charge on any atom is -0.348 e. The molecule has 0 bridgehead atoms. The number of para-hydroxylation sites is 1. The molecule has 0 atom stereocenters. The van der Waals surface area contributed by atoms with Crippen molar-refractivity contribution in [3.8, 4) is 0 Å². The van der Waals surface area contributed by atoms with E-state index in [1.807, 2.05) is 37.3 Å². The van der Waals surface area contributed by atoms with Crippen molar-refractivity contribution in [2.24, 2.45) is 0 Å². The summed E-state index contributed by atoms with van der Waals surface area (Å²) in [7, 11) is 0. The molecule has 84 valence electrons. The van der Waals surface area contributed by atoms with E-state index in [-0.39, 0.29) is 5.91 Å². The molecular formula is C13H11N3O. The summed E-state index contributed by atoms with van der Waals surface area (Å²) in [5.41, 5.74) is 4.20. The lowest BCUT2D eigenvalue weighted by Gasteiger charge is -1.96. The largest absolute Gasteiger partial charge is 0.348 e. The summed E-state index contributed by atoms with van der Waals surface area (Å²) in [5, 5.41) is 2.83. The van der Waals surface area contributed by atoms with Gasteiger partial charge in [0.05, 0.1) is 17.6 Å². The number of aryl methyl sites for hydroxylation is 1. The second-order valence-electron chi connectivity index (χ2n) is 3.97. The number of benzene rings is 1. The number of carbonyl (C=O) groups is 1. The van der Waals surface area contributed by atoms with Crippen LogP contribution < -0.4 is 5.32 Å². The highest BCUT2D eigenvalue weighted by atomic mass is 16.2. The molecule has 1 aromatic heterocycles. The number of nitrogens with zero attached hydrogens (tertiary/aromatic N) is 1. The first kappa shape index (κ1) is 9.84. The van der Waals surface area contributed by atoms with Gasteiger partial charge in [0.2, 0.25) is 0 Å². The van der Waals surface area contributed by atoms with Crippen molar-refractivity contribution in [1.82, 2.24) is 9.97 Å². The molecule has 0 aliphatic carbocycles. The lowest BCUT2D eigenvalue weighted by Crippen LogP contribution is -2.03. The van der Waals surface area contributed by atoms with Gasteiger partial charge in [0.15, 0.2) is 0 Å². The molecule has 0 spiro atoms. The first-order chi connectivity index (χ1) is 8.25. The lowest BCUT2D eigenvalue weighted by atomic mass is 10.1. The molecule has 1 amide bonds. The van der Waals surface area contributed by atoms with E-state index in [0.29, 0.717) is 5.57 Å². The van der Waals surface area contributed by atoms with Crippen LogP contribution in [-0.4, -0.2) is 15.9 Å². The third kappa shape index (κ3) is 1.54. The van der Waals surface area contributed by atoms with Crippen LogP contribution in [-0.2, 0) is 4.79 Å². The molecule has 0 saturated heterocycles. The average molecular weight is 225 g/mol. The van der Waals surface area contributed by atoms with Crippen molar-refractivity contribution < 1.29 is 4.79 Å². The zero-order valence-electron chi connectivity index (χ0n) is 9.32. The normalized spacial score (nSPS) is 16.1. The Labute approximate surface area is 98.4 Å². The molecule has 4 heteroatoms. The molecule has 4 nitrogen and oxygen atoms in total. The predicted octanol–water partition coefficient (Wildman–Crippen LogP) is 2.21. The topological polar surface area (TPSA) is 57.8 Å². The summed E-state index contributed by atoms with van der Waals surface area (Å²) in [4.78, 5) is 19.0. The van der Waals surface area contributed by atoms with Crippen LogP contribution in [0, 0.1) is 6.92 Å². The molecule has 2 N–H and O–H groups in total. The van der Waals surface area contributed by atoms with E-state index in [0.717, 1.165) is 22.6 Å². The molecule has 0 fully saturated rings. The van der Waals surface area contributed by atoms with Crippen LogP contribution in [0.4, 0.5) is 5.69 Å². The number of imidazole rings is 1. The zero-order valence-corrected chi connectivity index (χ0v) is 9.32. The second kappa shape index (κ2) is 3.59. The molecule has 1 aromatic carbocycles. The number of hydrogen-bond donors (Lipinski definition) is 2. The van der Waals surface area contributed by atoms with Gasteiger partial charge in [-0.15, -0.1) is 0 Å². The van der Waals surface area contributed by atoms with E-state index in [9.17, 15) is 4.79 Å². The Hall–Kier alpha value is -2.36. The van der Waals surface area contributed by atoms with Gasteiger partial charge in [-0.25, -0.2) is 4.98 Å². The molecule has 1 aliphatic rings. The Morgan fingerprint density at radius 3 is 2.88 bits per heavy atom. The van der Waals surface area contributed by atoms with Gasteiger partial charge < -0.3 is 10.3 Å². The van der Waals surface area contributed by atoms with Gasteiger partial charge in [0.1, 0.15) is 0 Å². The monoisotopic (exact) mass is 225 g/mol. The maximum absolute atomic E-state index is 11.9. The molecule has 17 heavy (non-hydrogen) atoms. The molecule has 2 aromatic rings. The van der Waals surface area contributed by atoms with Crippen molar-refractivity contribution in [1.29, 1.82) is 0 Å². The smallest absolute Gasteiger partial charge is 0.256 e. The maximum Gasteiger partial charge on any atom is 0.256 e. The second-order valence-corrected chi connectivity index (χ2v) is 3.97. The Bertz CT molecular complexity index is 625. The van der Waals surface area contributed by atoms with Crippen LogP contribution in [0.15, 0.2) is 30.6 Å². The number of rotatable bonds is 1. The summed E-state index contributed by atoms with van der Waals surface area (Å²) in [6.45, 7) is 1.93. The molecule has 1 aliphatic heterocycles. The zero-order chi connectivity index (χ0) is 11.8. The van der Waals surface area contributed by atoms with Crippen LogP contribution >= 0.6 is 0 Å². The fraction of sp³-hybridized carbons (Fsp3) is 0.0769. The number of nitrogens with one attached hydrogen (secondary N) is 2. The number of aromatic nitrogens is 2. The van der Waals surface area contributed by atoms with Crippen LogP contribution in [0.1, 0.15) is 17.0 Å². The van der Waals surface area contributed by atoms with Crippen LogP contribution in [0.25, 0.3) is 11.6 Å². The van der Waals surface area contributed by atoms with Gasteiger partial charge in [-0.05, 0) is 19.1 Å². The third-order valence-corrected chi connectivity index (χ3v) is 2.86. The molecule has 0 unspecified atom stereocenters. The van der Waals surface area contributed by atoms with E-state index in [1.165, 1.54) is 0 Å². The standard InChI is InChI=1S/C13H11N3O/c1-8-12(15-7-14-8)6-10-9-4-2-3-5-11(9)16-13(10)17/h2-7H,1H3,(H,14,15)(H,16,17). The van der Waals surface area contributed by atoms with Crippen molar-refractivity contribution >= 4 is 23.2 Å². The molecule has 3 rings (SSSR count). The lowest BCUT2D eigenvalue weighted by molar-refractivity contribution is -0.110. The van der Waals surface area contributed by atoms with E-state index in [1.54, 1.807) is 6.33 Å². The van der Waals surface area contributed by atoms with Gasteiger partial charge in [0, 0.05) is 16.9 Å². The van der Waals surface area contributed by atoms with Gasteiger partial charge in [0.25, 0.3) is 5.91 Å². The Kier molecular flexibility index (Phi) is 2.08. The number of anilines is 1. The van der Waals surface area contributed by atoms with Crippen molar-refractivity contribution in [3.05, 3.63) is 47.5 Å². The van der Waals surface area contributed by atoms with Gasteiger partial charge in [-0.3, -0.25) is 4.79 Å². The SMILES string of the molecule is Cc1[nH]cnc1C=C1C(=O)Nc2ccccc21. The number of amides is 1. The minimum atomic E-state index is -0.0754. The minimum absolute atomic E-state index is 0.0754. The quantitative estimate of drug-likeness (QED) is 0.731. The van der Waals surface area contributed by atoms with E-state index in [2.05, 4.69) is 15.3 Å². The molecule has 2 heterocycles. The molecule has 0 saturated carbocycles. The number of fused-ring (bicyclic) bond motifs is 1. The number of aromatic amines is 1. The number of hydrogen-bond acceptors (Lipinski definition) is 2. The van der Waals surface area contributed by atoms with Crippen LogP contribution in [0.2, 0.25) is 0 Å². The summed E-state index contributed by atoms with van der Waals surface area (Å²) in [6.07, 6.45) is 3.44. The first-order valence-electron chi connectivity index (χ1n) is 5.38. The Balaban J connectivity index is 2.13. The van der Waals surface area contributed by atoms with E-state index >= 15 is 0 Å². The third-order valence-electron chi connectivity index (χ3n) is 2.86. The van der Waals surface area contributed by atoms with Crippen molar-refractivity contribution in [3.63, 3.8) is 0 Å². The van der Waals surface area contributed by atoms with Crippen LogP contribution in [0.3, 0.4) is 0 Å². The highest BCUT2D eigenvalue weighted by Crippen LogP contribution is 2.32. The summed E-state index contributed by atoms with van der Waals surface area (Å²) < 4.78 is 0. The summed E-state index contributed by atoms with van der Waals surface area (Å²) in [6, 6.07) is 7.65. The Morgan fingerprint density at radius 1 is 1.29 bits per heavy atom. The van der Waals surface area contributed by atoms with Crippen molar-refractivity contribution in [2.45, 2.75) is 6.92 Å². The van der Waals surface area contributed by atoms with E-state index in [4.69, 9.17) is 0 Å². The molecular weight excluding hydrogens is 214 g/mol. The highest BCUT2D eigenvalue weighted by Gasteiger charge is 2.23. The first-order valence-corrected chi connectivity index (χ1v) is 5.38. The molecule has 0 radical (unpaired) electrons. The maximum atomic E-state index is 11.9. The average Bonchev–Trinajstić information content (AvgIpc) is 2.85. The highest BCUT2D eigenvalue weighted by molar-refractivity contribution is 6.34. The number of carbonyl (C=O) groups excluding carboxylic acids is 1. The van der Waals surface area contributed by atoms with Gasteiger partial charge in [-0.1, -0.05) is 18.2 Å². The summed E-state index contributed by atoms with van der Waals surface area (Å²) in [5.74, 6) is -0.0754. The fourth-order valence-electron chi connectivity index (χ4n) is 1.93. The fourth-order valence-corrected chi connectivity index (χ4v) is 1.93. The van der Waals surface area contributed by atoms with Crippen molar-refractivity contribution in [2.75, 3.05) is 5.32 Å². The van der Waals surface area contributed by atoms with E-state index < -0.39 is 0 Å². The van der Waals surface area contributed by atoms with Gasteiger partial charge >= 0.3 is 0 Å². The predicted molar refractivity (Wildman–Crippen MR) is 66.3 cm³/mol. The van der Waals surface area contributed by atoms with Crippen LogP contribution in [0.5, 0.6) is 0 Å². The summed E-state index contributed by atoms with van der Waals surface area (Å²) >= 11 is 0. The Morgan fingerprint density at radius 2 is 2.12 bits per heavy atom.